The summed E-state index contributed by atoms with van der Waals surface area (Å²) in [5.41, 5.74) is 3.30. The number of rotatable bonds is 3. The maximum Gasteiger partial charge on any atom is 0.255 e. The molecule has 0 bridgehead atoms. The summed E-state index contributed by atoms with van der Waals surface area (Å²) >= 11 is 0. The lowest BCUT2D eigenvalue weighted by atomic mass is 9.95. The summed E-state index contributed by atoms with van der Waals surface area (Å²) in [7, 11) is 0. The normalized spacial score (nSPS) is 23.7. The van der Waals surface area contributed by atoms with E-state index in [-0.39, 0.29) is 12.2 Å². The van der Waals surface area contributed by atoms with Gasteiger partial charge in [-0.25, -0.2) is 0 Å². The van der Waals surface area contributed by atoms with Crippen LogP contribution in [0.4, 0.5) is 0 Å². The van der Waals surface area contributed by atoms with Crippen LogP contribution in [0.15, 0.2) is 6.07 Å². The predicted octanol–water partition coefficient (Wildman–Crippen LogP) is 3.84. The molecule has 5 nitrogen and oxygen atoms in total. The molecule has 4 rings (SSSR count). The zero-order valence-electron chi connectivity index (χ0n) is 16.2. The van der Waals surface area contributed by atoms with E-state index in [1.807, 2.05) is 4.90 Å². The Morgan fingerprint density at radius 3 is 2.31 bits per heavy atom. The monoisotopic (exact) mass is 360 g/mol. The Morgan fingerprint density at radius 2 is 1.65 bits per heavy atom. The van der Waals surface area contributed by atoms with Gasteiger partial charge in [0.2, 0.25) is 0 Å². The Balaban J connectivity index is 1.43. The van der Waals surface area contributed by atoms with Crippen molar-refractivity contribution in [1.82, 2.24) is 9.47 Å². The molecule has 3 fully saturated rings. The topological polar surface area (TPSA) is 43.7 Å². The first-order chi connectivity index (χ1) is 12.6. The number of carbonyl (C=O) groups is 1. The second-order valence-electron chi connectivity index (χ2n) is 8.19. The Kier molecular flexibility index (Phi) is 5.37. The van der Waals surface area contributed by atoms with Gasteiger partial charge in [0.1, 0.15) is 0 Å². The van der Waals surface area contributed by atoms with Gasteiger partial charge >= 0.3 is 0 Å². The molecule has 144 valence electrons. The lowest BCUT2D eigenvalue weighted by Gasteiger charge is -2.34. The number of piperidine rings is 1. The highest BCUT2D eigenvalue weighted by Gasteiger charge is 2.33. The number of aryl methyl sites for hydroxylation is 1. The molecular formula is C21H32N2O3. The van der Waals surface area contributed by atoms with Gasteiger partial charge in [-0.1, -0.05) is 19.3 Å². The first-order valence-corrected chi connectivity index (χ1v) is 10.4. The van der Waals surface area contributed by atoms with Crippen LogP contribution >= 0.6 is 0 Å². The third-order valence-corrected chi connectivity index (χ3v) is 6.51. The summed E-state index contributed by atoms with van der Waals surface area (Å²) in [4.78, 5) is 15.2. The molecule has 5 heteroatoms. The molecule has 0 radical (unpaired) electrons. The zero-order chi connectivity index (χ0) is 18.1. The van der Waals surface area contributed by atoms with E-state index in [1.54, 1.807) is 0 Å². The van der Waals surface area contributed by atoms with Crippen molar-refractivity contribution in [2.45, 2.75) is 71.1 Å². The molecule has 1 amide bonds. The van der Waals surface area contributed by atoms with Gasteiger partial charge in [-0.05, 0) is 45.6 Å². The van der Waals surface area contributed by atoms with Crippen molar-refractivity contribution in [2.75, 3.05) is 26.3 Å². The highest BCUT2D eigenvalue weighted by molar-refractivity contribution is 5.95. The molecule has 26 heavy (non-hydrogen) atoms. The van der Waals surface area contributed by atoms with Crippen molar-refractivity contribution in [2.24, 2.45) is 5.92 Å². The largest absolute Gasteiger partial charge is 0.350 e. The molecule has 1 saturated carbocycles. The van der Waals surface area contributed by atoms with Crippen LogP contribution in [0.1, 0.15) is 72.7 Å². The van der Waals surface area contributed by atoms with Crippen LogP contribution in [0.3, 0.4) is 0 Å². The van der Waals surface area contributed by atoms with Gasteiger partial charge in [0.15, 0.2) is 6.29 Å². The van der Waals surface area contributed by atoms with Crippen LogP contribution in [0.2, 0.25) is 0 Å². The quantitative estimate of drug-likeness (QED) is 0.823. The number of likely N-dealkylation sites (tertiary alicyclic amines) is 1. The summed E-state index contributed by atoms with van der Waals surface area (Å²) in [5, 5.41) is 0. The molecule has 2 aliphatic heterocycles. The molecule has 1 aromatic heterocycles. The molecular weight excluding hydrogens is 328 g/mol. The standard InChI is InChI=1S/C21H32N2O3/c1-15-14-19(16(2)23(15)18-6-4-3-5-7-18)20(24)22-10-8-17(9-11-22)21-25-12-13-26-21/h14,17-18,21H,3-13H2,1-2H3. The van der Waals surface area contributed by atoms with Gasteiger partial charge in [-0.15, -0.1) is 0 Å². The van der Waals surface area contributed by atoms with E-state index in [1.165, 1.54) is 37.8 Å². The van der Waals surface area contributed by atoms with Crippen LogP contribution in [-0.2, 0) is 9.47 Å². The third kappa shape index (κ3) is 3.44. The molecule has 0 atom stereocenters. The minimum absolute atomic E-state index is 0.0522. The second-order valence-corrected chi connectivity index (χ2v) is 8.19. The maximum atomic E-state index is 13.1. The SMILES string of the molecule is Cc1cc(C(=O)N2CCC(C3OCCO3)CC2)c(C)n1C1CCCCC1. The third-order valence-electron chi connectivity index (χ3n) is 6.51. The van der Waals surface area contributed by atoms with Crippen LogP contribution in [0.5, 0.6) is 0 Å². The van der Waals surface area contributed by atoms with Crippen molar-refractivity contribution in [3.63, 3.8) is 0 Å². The van der Waals surface area contributed by atoms with E-state index in [9.17, 15) is 4.79 Å². The fourth-order valence-electron chi connectivity index (χ4n) is 5.09. The molecule has 0 unspecified atom stereocenters. The smallest absolute Gasteiger partial charge is 0.255 e. The van der Waals surface area contributed by atoms with E-state index in [4.69, 9.17) is 9.47 Å². The summed E-state index contributed by atoms with van der Waals surface area (Å²) in [6.45, 7) is 7.30. The van der Waals surface area contributed by atoms with E-state index in [0.717, 1.165) is 37.2 Å². The van der Waals surface area contributed by atoms with Crippen LogP contribution in [0.25, 0.3) is 0 Å². The van der Waals surface area contributed by atoms with Gasteiger partial charge in [0.05, 0.1) is 18.8 Å². The van der Waals surface area contributed by atoms with Crippen molar-refractivity contribution in [3.8, 4) is 0 Å². The Hall–Kier alpha value is -1.33. The number of nitrogens with zero attached hydrogens (tertiary/aromatic N) is 2. The Bertz CT molecular complexity index is 634. The second kappa shape index (κ2) is 7.73. The lowest BCUT2D eigenvalue weighted by Crippen LogP contribution is -2.41. The minimum Gasteiger partial charge on any atom is -0.350 e. The lowest BCUT2D eigenvalue weighted by molar-refractivity contribution is -0.0956. The average Bonchev–Trinajstić information content (AvgIpc) is 3.30. The van der Waals surface area contributed by atoms with Gasteiger partial charge in [0, 0.05) is 36.4 Å². The Morgan fingerprint density at radius 1 is 1.00 bits per heavy atom. The Labute approximate surface area is 156 Å². The summed E-state index contributed by atoms with van der Waals surface area (Å²) in [6.07, 6.45) is 8.35. The van der Waals surface area contributed by atoms with Crippen LogP contribution in [0, 0.1) is 19.8 Å². The van der Waals surface area contributed by atoms with Crippen LogP contribution in [-0.4, -0.2) is 48.0 Å². The van der Waals surface area contributed by atoms with E-state index >= 15 is 0 Å². The highest BCUT2D eigenvalue weighted by atomic mass is 16.7. The fraction of sp³-hybridized carbons (Fsp3) is 0.762. The molecule has 1 aliphatic carbocycles. The molecule has 0 aromatic carbocycles. The van der Waals surface area contributed by atoms with E-state index < -0.39 is 0 Å². The predicted molar refractivity (Wildman–Crippen MR) is 100 cm³/mol. The number of carbonyl (C=O) groups excluding carboxylic acids is 1. The number of amides is 1. The van der Waals surface area contributed by atoms with E-state index in [2.05, 4.69) is 24.5 Å². The van der Waals surface area contributed by atoms with Gasteiger partial charge in [0.25, 0.3) is 5.91 Å². The number of hydrogen-bond acceptors (Lipinski definition) is 3. The van der Waals surface area contributed by atoms with E-state index in [0.29, 0.717) is 25.2 Å². The van der Waals surface area contributed by atoms with Crippen LogP contribution < -0.4 is 0 Å². The minimum atomic E-state index is -0.0522. The first-order valence-electron chi connectivity index (χ1n) is 10.4. The van der Waals surface area contributed by atoms with Gasteiger partial charge < -0.3 is 18.9 Å². The van der Waals surface area contributed by atoms with Crippen molar-refractivity contribution < 1.29 is 14.3 Å². The maximum absolute atomic E-state index is 13.1. The number of ether oxygens (including phenoxy) is 2. The molecule has 3 aliphatic rings. The first kappa shape index (κ1) is 18.1. The van der Waals surface area contributed by atoms with Crippen molar-refractivity contribution in [3.05, 3.63) is 23.0 Å². The molecule has 3 heterocycles. The fourth-order valence-corrected chi connectivity index (χ4v) is 5.09. The molecule has 2 saturated heterocycles. The van der Waals surface area contributed by atoms with Gasteiger partial charge in [-0.3, -0.25) is 4.79 Å². The number of aromatic nitrogens is 1. The summed E-state index contributed by atoms with van der Waals surface area (Å²) in [5.74, 6) is 0.628. The summed E-state index contributed by atoms with van der Waals surface area (Å²) < 4.78 is 13.7. The summed E-state index contributed by atoms with van der Waals surface area (Å²) in [6, 6.07) is 2.69. The molecule has 1 aromatic rings. The molecule has 0 N–H and O–H groups in total. The van der Waals surface area contributed by atoms with Gasteiger partial charge in [-0.2, -0.15) is 0 Å². The number of hydrogen-bond donors (Lipinski definition) is 0. The highest BCUT2D eigenvalue weighted by Crippen LogP contribution is 2.33. The average molecular weight is 360 g/mol. The molecule has 0 spiro atoms. The van der Waals surface area contributed by atoms with Crippen molar-refractivity contribution >= 4 is 5.91 Å². The zero-order valence-corrected chi connectivity index (χ0v) is 16.2. The van der Waals surface area contributed by atoms with Crippen molar-refractivity contribution in [1.29, 1.82) is 0 Å².